The fourth-order valence-corrected chi connectivity index (χ4v) is 5.91. The SMILES string of the molecule is COc1cc(C2C(C(=O)OCC(C)C)=C(C)N=c3sc(=Cc4ccc(OCc5ccccc5)cc4)c(=O)n32)ccc1OC(C)=O. The van der Waals surface area contributed by atoms with E-state index < -0.39 is 18.0 Å². The molecule has 2 heterocycles. The van der Waals surface area contributed by atoms with Gasteiger partial charge in [0.25, 0.3) is 5.56 Å². The number of esters is 2. The molecule has 0 amide bonds. The predicted molar refractivity (Wildman–Crippen MR) is 171 cm³/mol. The average Bonchev–Trinajstić information content (AvgIpc) is 3.33. The molecular weight excluding hydrogens is 592 g/mol. The van der Waals surface area contributed by atoms with Crippen molar-refractivity contribution >= 4 is 29.4 Å². The maximum Gasteiger partial charge on any atom is 0.338 e. The lowest BCUT2D eigenvalue weighted by atomic mass is 9.95. The second-order valence-electron chi connectivity index (χ2n) is 10.9. The smallest absolute Gasteiger partial charge is 0.338 e. The number of ether oxygens (including phenoxy) is 4. The molecule has 1 unspecified atom stereocenters. The number of fused-ring (bicyclic) bond motifs is 1. The fourth-order valence-electron chi connectivity index (χ4n) is 4.86. The lowest BCUT2D eigenvalue weighted by Crippen LogP contribution is -2.40. The Balaban J connectivity index is 1.54. The molecule has 10 heteroatoms. The van der Waals surface area contributed by atoms with Crippen molar-refractivity contribution in [3.8, 4) is 17.2 Å². The molecule has 232 valence electrons. The molecule has 0 radical (unpaired) electrons. The number of carbonyl (C=O) groups excluding carboxylic acids is 2. The summed E-state index contributed by atoms with van der Waals surface area (Å²) in [5.74, 6) is 0.277. The first kappa shape index (κ1) is 31.5. The molecule has 4 aromatic rings. The van der Waals surface area contributed by atoms with Gasteiger partial charge in [0.2, 0.25) is 0 Å². The van der Waals surface area contributed by atoms with Gasteiger partial charge in [0.05, 0.1) is 35.6 Å². The molecule has 0 saturated heterocycles. The minimum absolute atomic E-state index is 0.118. The Hall–Kier alpha value is -4.96. The maximum absolute atomic E-state index is 14.0. The molecule has 0 spiro atoms. The first-order valence-electron chi connectivity index (χ1n) is 14.5. The van der Waals surface area contributed by atoms with Gasteiger partial charge in [-0.3, -0.25) is 14.2 Å². The van der Waals surface area contributed by atoms with Crippen LogP contribution in [0.1, 0.15) is 50.4 Å². The molecule has 1 aliphatic heterocycles. The van der Waals surface area contributed by atoms with E-state index in [9.17, 15) is 14.4 Å². The Labute approximate surface area is 264 Å². The van der Waals surface area contributed by atoms with E-state index in [-0.39, 0.29) is 35.2 Å². The molecule has 45 heavy (non-hydrogen) atoms. The normalized spacial score (nSPS) is 14.5. The summed E-state index contributed by atoms with van der Waals surface area (Å²) in [6.07, 6.45) is 1.79. The van der Waals surface area contributed by atoms with E-state index in [4.69, 9.17) is 18.9 Å². The zero-order valence-corrected chi connectivity index (χ0v) is 26.6. The molecule has 1 aromatic heterocycles. The van der Waals surface area contributed by atoms with E-state index >= 15 is 0 Å². The number of thiazole rings is 1. The lowest BCUT2D eigenvalue weighted by molar-refractivity contribution is -0.140. The number of benzene rings is 3. The summed E-state index contributed by atoms with van der Waals surface area (Å²) in [5, 5.41) is 0. The van der Waals surface area contributed by atoms with Crippen molar-refractivity contribution in [1.29, 1.82) is 0 Å². The molecule has 0 bridgehead atoms. The number of hydrogen-bond acceptors (Lipinski definition) is 9. The molecule has 9 nitrogen and oxygen atoms in total. The first-order chi connectivity index (χ1) is 21.6. The van der Waals surface area contributed by atoms with E-state index in [2.05, 4.69) is 4.99 Å². The first-order valence-corrected chi connectivity index (χ1v) is 15.3. The van der Waals surface area contributed by atoms with Crippen LogP contribution in [0.5, 0.6) is 17.2 Å². The highest BCUT2D eigenvalue weighted by atomic mass is 32.1. The number of methoxy groups -OCH3 is 1. The molecule has 0 N–H and O–H groups in total. The molecular formula is C35H34N2O7S. The number of rotatable bonds is 10. The van der Waals surface area contributed by atoms with E-state index in [0.29, 0.717) is 33.0 Å². The highest BCUT2D eigenvalue weighted by Crippen LogP contribution is 2.36. The Kier molecular flexibility index (Phi) is 9.63. The monoisotopic (exact) mass is 626 g/mol. The molecule has 1 atom stereocenters. The van der Waals surface area contributed by atoms with Crippen molar-refractivity contribution < 1.29 is 28.5 Å². The lowest BCUT2D eigenvalue weighted by Gasteiger charge is -2.25. The van der Waals surface area contributed by atoms with Crippen LogP contribution in [0.25, 0.3) is 6.08 Å². The van der Waals surface area contributed by atoms with Crippen molar-refractivity contribution in [3.63, 3.8) is 0 Å². The van der Waals surface area contributed by atoms with Gasteiger partial charge in [-0.1, -0.05) is 73.7 Å². The van der Waals surface area contributed by atoms with E-state index in [0.717, 1.165) is 11.1 Å². The number of allylic oxidation sites excluding steroid dienone is 1. The largest absolute Gasteiger partial charge is 0.493 e. The molecule has 3 aromatic carbocycles. The summed E-state index contributed by atoms with van der Waals surface area (Å²) < 4.78 is 24.3. The predicted octanol–water partition coefficient (Wildman–Crippen LogP) is 4.95. The fraction of sp³-hybridized carbons (Fsp3) is 0.257. The summed E-state index contributed by atoms with van der Waals surface area (Å²) >= 11 is 1.23. The Bertz CT molecular complexity index is 1920. The van der Waals surface area contributed by atoms with Gasteiger partial charge in [-0.15, -0.1) is 0 Å². The van der Waals surface area contributed by atoms with E-state index in [1.165, 1.54) is 29.9 Å². The van der Waals surface area contributed by atoms with Crippen molar-refractivity contribution in [2.45, 2.75) is 40.3 Å². The van der Waals surface area contributed by atoms with Gasteiger partial charge in [0, 0.05) is 6.92 Å². The Morgan fingerprint density at radius 3 is 2.42 bits per heavy atom. The second-order valence-corrected chi connectivity index (χ2v) is 11.9. The Morgan fingerprint density at radius 1 is 1.02 bits per heavy atom. The highest BCUT2D eigenvalue weighted by Gasteiger charge is 2.34. The van der Waals surface area contributed by atoms with Gasteiger partial charge in [0.15, 0.2) is 16.3 Å². The van der Waals surface area contributed by atoms with Crippen LogP contribution in [0.15, 0.2) is 93.9 Å². The van der Waals surface area contributed by atoms with Gasteiger partial charge in [-0.2, -0.15) is 0 Å². The van der Waals surface area contributed by atoms with Crippen molar-refractivity contribution in [3.05, 3.63) is 120 Å². The van der Waals surface area contributed by atoms with Crippen LogP contribution < -0.4 is 29.1 Å². The van der Waals surface area contributed by atoms with Crippen LogP contribution in [-0.4, -0.2) is 30.2 Å². The molecule has 0 aliphatic carbocycles. The summed E-state index contributed by atoms with van der Waals surface area (Å²) in [4.78, 5) is 44.2. The molecule has 0 fully saturated rings. The number of hydrogen-bond donors (Lipinski definition) is 0. The van der Waals surface area contributed by atoms with Crippen LogP contribution >= 0.6 is 11.3 Å². The van der Waals surface area contributed by atoms with Crippen LogP contribution in [0, 0.1) is 5.92 Å². The molecule has 1 aliphatic rings. The van der Waals surface area contributed by atoms with Gasteiger partial charge in [0.1, 0.15) is 12.4 Å². The van der Waals surface area contributed by atoms with Crippen LogP contribution in [-0.2, 0) is 20.9 Å². The van der Waals surface area contributed by atoms with Crippen molar-refractivity contribution in [2.75, 3.05) is 13.7 Å². The summed E-state index contributed by atoms with van der Waals surface area (Å²) in [5.41, 5.74) is 2.84. The van der Waals surface area contributed by atoms with Gasteiger partial charge < -0.3 is 18.9 Å². The standard InChI is InChI=1S/C35H34N2O7S/c1-21(2)19-43-34(40)31-22(3)36-35-37(32(31)26-13-16-28(44-23(4)38)29(18-26)41-5)33(39)30(45-35)17-24-11-14-27(15-12-24)42-20-25-9-7-6-8-10-25/h6-18,21,32H,19-20H2,1-5H3. The van der Waals surface area contributed by atoms with Gasteiger partial charge >= 0.3 is 11.9 Å². The third-order valence-electron chi connectivity index (χ3n) is 6.97. The van der Waals surface area contributed by atoms with Crippen molar-refractivity contribution in [2.24, 2.45) is 10.9 Å². The third-order valence-corrected chi connectivity index (χ3v) is 7.96. The van der Waals surface area contributed by atoms with Crippen molar-refractivity contribution in [1.82, 2.24) is 4.57 Å². The summed E-state index contributed by atoms with van der Waals surface area (Å²) in [7, 11) is 1.45. The number of aromatic nitrogens is 1. The van der Waals surface area contributed by atoms with Crippen LogP contribution in [0.3, 0.4) is 0 Å². The minimum atomic E-state index is -0.850. The second kappa shape index (κ2) is 13.8. The number of nitrogens with zero attached hydrogens (tertiary/aromatic N) is 2. The highest BCUT2D eigenvalue weighted by molar-refractivity contribution is 7.07. The van der Waals surface area contributed by atoms with E-state index in [1.807, 2.05) is 68.4 Å². The molecule has 0 saturated carbocycles. The summed E-state index contributed by atoms with van der Waals surface area (Å²) in [6, 6.07) is 21.5. The zero-order chi connectivity index (χ0) is 32.1. The maximum atomic E-state index is 14.0. The minimum Gasteiger partial charge on any atom is -0.493 e. The van der Waals surface area contributed by atoms with Gasteiger partial charge in [-0.25, -0.2) is 9.79 Å². The van der Waals surface area contributed by atoms with Crippen LogP contribution in [0.2, 0.25) is 0 Å². The quantitative estimate of drug-likeness (QED) is 0.181. The van der Waals surface area contributed by atoms with Gasteiger partial charge in [-0.05, 0) is 59.9 Å². The number of carbonyl (C=O) groups is 2. The average molecular weight is 627 g/mol. The third kappa shape index (κ3) is 7.24. The van der Waals surface area contributed by atoms with E-state index in [1.54, 1.807) is 31.2 Å². The molecule has 5 rings (SSSR count). The van der Waals surface area contributed by atoms with Crippen LogP contribution in [0.4, 0.5) is 0 Å². The summed E-state index contributed by atoms with van der Waals surface area (Å²) in [6.45, 7) is 7.59. The Morgan fingerprint density at radius 2 is 1.76 bits per heavy atom. The topological polar surface area (TPSA) is 105 Å². The zero-order valence-electron chi connectivity index (χ0n) is 25.7.